The third-order valence-corrected chi connectivity index (χ3v) is 13.1. The Balaban J connectivity index is 0.000000199. The Morgan fingerprint density at radius 1 is 0.880 bits per heavy atom. The zero-order valence-electron chi connectivity index (χ0n) is 31.2. The van der Waals surface area contributed by atoms with Gasteiger partial charge < -0.3 is 8.98 Å². The average Bonchev–Trinajstić information content (AvgIpc) is 3.60. The average molecular weight is 902 g/mol. The molecule has 7 heteroatoms. The van der Waals surface area contributed by atoms with E-state index in [0.717, 1.165) is 62.0 Å². The van der Waals surface area contributed by atoms with Crippen LogP contribution in [0.4, 0.5) is 0 Å². The molecule has 0 aliphatic carbocycles. The summed E-state index contributed by atoms with van der Waals surface area (Å²) in [5.74, 6) is 8.20. The molecule has 0 amide bonds. The van der Waals surface area contributed by atoms with Crippen molar-refractivity contribution < 1.29 is 24.5 Å². The molecule has 0 bridgehead atoms. The first-order chi connectivity index (χ1) is 23.0. The van der Waals surface area contributed by atoms with Crippen LogP contribution >= 0.6 is 0 Å². The molecule has 50 heavy (non-hydrogen) atoms. The summed E-state index contributed by atoms with van der Waals surface area (Å²) in [5, 5.41) is 2.11. The molecule has 0 aliphatic rings. The zero-order valence-corrected chi connectivity index (χ0v) is 35.7. The summed E-state index contributed by atoms with van der Waals surface area (Å²) in [6.07, 6.45) is 5.00. The molecule has 0 saturated carbocycles. The van der Waals surface area contributed by atoms with Crippen LogP contribution in [-0.2, 0) is 32.1 Å². The maximum absolute atomic E-state index is 6.21. The molecule has 1 radical (unpaired) electrons. The fourth-order valence-corrected chi connectivity index (χ4v) is 9.91. The van der Waals surface area contributed by atoms with Crippen LogP contribution in [0.1, 0.15) is 58.2 Å². The minimum absolute atomic E-state index is 0. The number of hydrogen-bond acceptors (Lipinski definition) is 4. The van der Waals surface area contributed by atoms with Gasteiger partial charge in [0, 0.05) is 37.2 Å². The van der Waals surface area contributed by atoms with Gasteiger partial charge in [-0.15, -0.1) is 17.7 Å². The Hall–Kier alpha value is -3.58. The molecule has 0 saturated heterocycles. The van der Waals surface area contributed by atoms with Crippen molar-refractivity contribution in [3.8, 4) is 22.6 Å². The predicted molar refractivity (Wildman–Crippen MR) is 208 cm³/mol. The smallest absolute Gasteiger partial charge is 0.216 e. The van der Waals surface area contributed by atoms with E-state index in [1.165, 1.54) is 15.5 Å². The predicted octanol–water partition coefficient (Wildman–Crippen LogP) is 10.8. The molecule has 0 unspecified atom stereocenters. The van der Waals surface area contributed by atoms with Crippen molar-refractivity contribution in [1.82, 2.24) is 19.5 Å². The maximum Gasteiger partial charge on any atom is 0.216 e. The molecular weight excluding hydrogens is 853 g/mol. The van der Waals surface area contributed by atoms with E-state index in [4.69, 9.17) is 14.4 Å². The fourth-order valence-electron chi connectivity index (χ4n) is 6.61. The Bertz CT molecular complexity index is 2280. The molecular formula is C43H48GeIrN4O-2. The van der Waals surface area contributed by atoms with Crippen molar-refractivity contribution in [2.45, 2.75) is 84.6 Å². The quantitative estimate of drug-likeness (QED) is 0.130. The molecule has 7 aromatic rings. The van der Waals surface area contributed by atoms with Crippen LogP contribution in [0.3, 0.4) is 0 Å². The van der Waals surface area contributed by atoms with Crippen LogP contribution in [-0.4, -0.2) is 32.8 Å². The summed E-state index contributed by atoms with van der Waals surface area (Å²) < 4.78 is 10.0. The number of aryl methyl sites for hydroxylation is 2. The van der Waals surface area contributed by atoms with Gasteiger partial charge in [0.1, 0.15) is 0 Å². The van der Waals surface area contributed by atoms with Crippen molar-refractivity contribution in [3.63, 3.8) is 0 Å². The summed E-state index contributed by atoms with van der Waals surface area (Å²) >= 11 is -1.90. The van der Waals surface area contributed by atoms with Crippen LogP contribution in [0, 0.1) is 31.4 Å². The molecule has 0 aliphatic heterocycles. The van der Waals surface area contributed by atoms with Gasteiger partial charge in [-0.2, -0.15) is 0 Å². The van der Waals surface area contributed by atoms with E-state index in [1.54, 1.807) is 6.20 Å². The van der Waals surface area contributed by atoms with Crippen molar-refractivity contribution in [3.05, 3.63) is 108 Å². The molecule has 4 heterocycles. The van der Waals surface area contributed by atoms with E-state index in [1.807, 2.05) is 30.3 Å². The van der Waals surface area contributed by atoms with Crippen molar-refractivity contribution in [2.24, 2.45) is 5.41 Å². The minimum Gasteiger partial charge on any atom is -0.486 e. The number of hydrogen-bond donors (Lipinski definition) is 0. The molecule has 0 N–H and O–H groups in total. The van der Waals surface area contributed by atoms with Crippen molar-refractivity contribution in [2.75, 3.05) is 0 Å². The minimum atomic E-state index is -1.90. The topological polar surface area (TPSA) is 56.7 Å². The number of benzene rings is 3. The van der Waals surface area contributed by atoms with Gasteiger partial charge in [-0.25, -0.2) is 4.98 Å². The standard InChI is InChI=1S/C24H22N3O.C19H26GeN.Ir/c1-14-8-11-18-19(13-14)27(24(3,4)5)22(26-18)17-10-9-15(2)20-16-7-6-12-25-23(16)28-21(17)20;1-19(2,3)13-16-12-18(15-10-8-7-9-11-15)21-14-17(16)20(4,5)6;/h6-9,11-13H,1-5H3;7-10,12,14H,13H2,1-6H3;/q2*-1;. The Morgan fingerprint density at radius 3 is 2.30 bits per heavy atom. The largest absolute Gasteiger partial charge is 0.486 e. The number of rotatable bonds is 4. The first kappa shape index (κ1) is 37.7. The molecule has 261 valence electrons. The van der Waals surface area contributed by atoms with E-state index in [-0.39, 0.29) is 25.6 Å². The van der Waals surface area contributed by atoms with Crippen LogP contribution in [0.15, 0.2) is 83.5 Å². The molecule has 5 nitrogen and oxygen atoms in total. The number of nitrogens with zero attached hydrogens (tertiary/aromatic N) is 4. The number of imidazole rings is 1. The number of furan rings is 1. The molecule has 3 aromatic carbocycles. The second-order valence-electron chi connectivity index (χ2n) is 16.4. The van der Waals surface area contributed by atoms with Gasteiger partial charge in [-0.3, -0.25) is 4.98 Å². The summed E-state index contributed by atoms with van der Waals surface area (Å²) in [5.41, 5.74) is 10.5. The summed E-state index contributed by atoms with van der Waals surface area (Å²) in [6.45, 7) is 17.7. The number of fused-ring (bicyclic) bond motifs is 4. The molecule has 4 aromatic heterocycles. The first-order valence-electron chi connectivity index (χ1n) is 17.2. The molecule has 0 spiro atoms. The summed E-state index contributed by atoms with van der Waals surface area (Å²) in [6, 6.07) is 29.5. The van der Waals surface area contributed by atoms with Crippen LogP contribution in [0.25, 0.3) is 55.7 Å². The van der Waals surface area contributed by atoms with Crippen LogP contribution < -0.4 is 4.40 Å². The van der Waals surface area contributed by atoms with Gasteiger partial charge >= 0.3 is 132 Å². The monoisotopic (exact) mass is 903 g/mol. The Labute approximate surface area is 313 Å². The molecule has 0 atom stereocenters. The second kappa shape index (κ2) is 14.2. The number of aromatic nitrogens is 4. The van der Waals surface area contributed by atoms with E-state index < -0.39 is 13.3 Å². The Morgan fingerprint density at radius 2 is 1.64 bits per heavy atom. The summed E-state index contributed by atoms with van der Waals surface area (Å²) in [7, 11) is 0. The van der Waals surface area contributed by atoms with Gasteiger partial charge in [-0.05, 0) is 57.5 Å². The van der Waals surface area contributed by atoms with E-state index in [9.17, 15) is 0 Å². The van der Waals surface area contributed by atoms with E-state index >= 15 is 0 Å². The SMILES string of the molecule is CC(C)(C)Cc1cc(-c2[c-]cccc2)nc[c]1[Ge]([CH3])([CH3])[CH3].Cc1ccc2nc(-c3[c-]cc(C)c4c3oc3ncccc34)n(C(C)(C)C)c2c1.[Ir]. The fraction of sp³-hybridized carbons (Fsp3) is 0.326. The molecule has 7 rings (SSSR count). The number of pyridine rings is 2. The zero-order chi connectivity index (χ0) is 35.3. The van der Waals surface area contributed by atoms with E-state index in [0.29, 0.717) is 11.1 Å². The van der Waals surface area contributed by atoms with Gasteiger partial charge in [0.05, 0.1) is 22.4 Å². The summed E-state index contributed by atoms with van der Waals surface area (Å²) in [4.78, 5) is 14.1. The third kappa shape index (κ3) is 7.83. The van der Waals surface area contributed by atoms with Crippen LogP contribution in [0.2, 0.25) is 17.3 Å². The third-order valence-electron chi connectivity index (χ3n) is 8.73. The van der Waals surface area contributed by atoms with Crippen LogP contribution in [0.5, 0.6) is 0 Å². The Kier molecular flexibility index (Phi) is 10.7. The van der Waals surface area contributed by atoms with Gasteiger partial charge in [0.2, 0.25) is 5.71 Å². The van der Waals surface area contributed by atoms with Crippen molar-refractivity contribution in [1.29, 1.82) is 0 Å². The second-order valence-corrected chi connectivity index (χ2v) is 27.0. The van der Waals surface area contributed by atoms with E-state index in [2.05, 4.69) is 137 Å². The van der Waals surface area contributed by atoms with Crippen molar-refractivity contribution >= 4 is 50.8 Å². The van der Waals surface area contributed by atoms with Gasteiger partial charge in [0.25, 0.3) is 0 Å². The normalized spacial score (nSPS) is 12.2. The maximum atomic E-state index is 6.21. The molecule has 0 fully saturated rings. The van der Waals surface area contributed by atoms with Gasteiger partial charge in [-0.1, -0.05) is 23.9 Å². The first-order valence-corrected chi connectivity index (χ1v) is 24.5. The van der Waals surface area contributed by atoms with Gasteiger partial charge in [0.15, 0.2) is 0 Å².